The van der Waals surface area contributed by atoms with Gasteiger partial charge in [0.15, 0.2) is 10.9 Å². The Balaban J connectivity index is 1.55. The fourth-order valence-corrected chi connectivity index (χ4v) is 6.48. The summed E-state index contributed by atoms with van der Waals surface area (Å²) in [6, 6.07) is 3.21. The molecule has 0 radical (unpaired) electrons. The van der Waals surface area contributed by atoms with Crippen LogP contribution in [0.3, 0.4) is 0 Å². The maximum absolute atomic E-state index is 13.7. The number of piperazine rings is 1. The third-order valence-electron chi connectivity index (χ3n) is 5.81. The zero-order valence-electron chi connectivity index (χ0n) is 16.3. The van der Waals surface area contributed by atoms with E-state index in [2.05, 4.69) is 9.68 Å². The average molecular weight is 484 g/mol. The number of thiophene rings is 1. The van der Waals surface area contributed by atoms with E-state index in [0.717, 1.165) is 17.4 Å². The molecule has 0 amide bonds. The first kappa shape index (κ1) is 22.5. The summed E-state index contributed by atoms with van der Waals surface area (Å²) in [5.74, 6) is -1.43. The predicted octanol–water partition coefficient (Wildman–Crippen LogP) is 2.90. The van der Waals surface area contributed by atoms with E-state index in [9.17, 15) is 31.1 Å². The molecule has 2 unspecified atom stereocenters. The molecule has 31 heavy (non-hydrogen) atoms. The summed E-state index contributed by atoms with van der Waals surface area (Å²) in [6.07, 6.45) is -4.95. The molecule has 2 aliphatic rings. The summed E-state index contributed by atoms with van der Waals surface area (Å²) < 4.78 is 80.2. The van der Waals surface area contributed by atoms with Crippen LogP contribution in [0.4, 0.5) is 23.4 Å². The second-order valence-electron chi connectivity index (χ2n) is 7.79. The van der Waals surface area contributed by atoms with Gasteiger partial charge in [-0.05, 0) is 25.0 Å². The van der Waals surface area contributed by atoms with Crippen molar-refractivity contribution >= 4 is 27.0 Å². The van der Waals surface area contributed by atoms with Crippen LogP contribution >= 0.6 is 11.3 Å². The van der Waals surface area contributed by atoms with E-state index in [-0.39, 0.29) is 42.9 Å². The number of aliphatic hydroxyl groups is 1. The fraction of sp³-hybridized carbons (Fsp3) is 0.611. The van der Waals surface area contributed by atoms with Crippen molar-refractivity contribution in [1.82, 2.24) is 10.1 Å². The normalized spacial score (nSPS) is 24.4. The van der Waals surface area contributed by atoms with Gasteiger partial charge in [0.1, 0.15) is 16.1 Å². The minimum Gasteiger partial charge on any atom is -0.378 e. The molecule has 2 fully saturated rings. The number of aromatic nitrogens is 1. The van der Waals surface area contributed by atoms with Crippen molar-refractivity contribution in [2.75, 3.05) is 36.0 Å². The zero-order chi connectivity index (χ0) is 22.4. The molecular formula is C18H21F4N3O4S2. The molecule has 13 heteroatoms. The summed E-state index contributed by atoms with van der Waals surface area (Å²) >= 11 is 0.903. The fourth-order valence-electron chi connectivity index (χ4n) is 4.11. The lowest BCUT2D eigenvalue weighted by Gasteiger charge is -2.45. The number of hydrogen-bond donors (Lipinski definition) is 1. The quantitative estimate of drug-likeness (QED) is 0.670. The molecule has 0 spiro atoms. The Kier molecular flexibility index (Phi) is 6.05. The van der Waals surface area contributed by atoms with Crippen molar-refractivity contribution in [2.24, 2.45) is 5.92 Å². The third kappa shape index (κ3) is 4.89. The monoisotopic (exact) mass is 483 g/mol. The highest BCUT2D eigenvalue weighted by Gasteiger charge is 2.41. The highest BCUT2D eigenvalue weighted by Crippen LogP contribution is 2.37. The van der Waals surface area contributed by atoms with Crippen molar-refractivity contribution in [1.29, 1.82) is 0 Å². The van der Waals surface area contributed by atoms with Gasteiger partial charge in [-0.1, -0.05) is 5.16 Å². The van der Waals surface area contributed by atoms with Gasteiger partial charge in [0.25, 0.3) is 0 Å². The Bertz CT molecular complexity index is 1010. The van der Waals surface area contributed by atoms with Gasteiger partial charge in [-0.2, -0.15) is 17.6 Å². The van der Waals surface area contributed by atoms with Crippen LogP contribution in [0.2, 0.25) is 0 Å². The van der Waals surface area contributed by atoms with Crippen molar-refractivity contribution < 1.29 is 35.6 Å². The molecule has 0 aromatic carbocycles. The van der Waals surface area contributed by atoms with Crippen molar-refractivity contribution in [3.05, 3.63) is 34.0 Å². The van der Waals surface area contributed by atoms with E-state index in [1.165, 1.54) is 6.07 Å². The summed E-state index contributed by atoms with van der Waals surface area (Å²) in [7, 11) is -3.09. The number of rotatable bonds is 4. The van der Waals surface area contributed by atoms with E-state index in [1.54, 1.807) is 15.9 Å². The van der Waals surface area contributed by atoms with Crippen molar-refractivity contribution in [3.63, 3.8) is 0 Å². The molecule has 0 bridgehead atoms. The average Bonchev–Trinajstić information content (AvgIpc) is 3.36. The molecular weight excluding hydrogens is 462 g/mol. The molecule has 2 saturated heterocycles. The second-order valence-corrected chi connectivity index (χ2v) is 11.2. The largest absolute Gasteiger partial charge is 0.452 e. The van der Waals surface area contributed by atoms with Crippen LogP contribution < -0.4 is 4.90 Å². The van der Waals surface area contributed by atoms with Crippen LogP contribution in [0.25, 0.3) is 0 Å². The minimum absolute atomic E-state index is 0.00610. The Morgan fingerprint density at radius 2 is 1.94 bits per heavy atom. The molecule has 0 aliphatic carbocycles. The molecule has 2 aliphatic heterocycles. The molecule has 2 aromatic heterocycles. The molecule has 4 heterocycles. The van der Waals surface area contributed by atoms with Crippen LogP contribution in [-0.2, 0) is 16.0 Å². The first-order valence-corrected chi connectivity index (χ1v) is 12.4. The predicted molar refractivity (Wildman–Crippen MR) is 105 cm³/mol. The van der Waals surface area contributed by atoms with Gasteiger partial charge >= 0.3 is 6.18 Å². The highest BCUT2D eigenvalue weighted by molar-refractivity contribution is 7.91. The van der Waals surface area contributed by atoms with Crippen LogP contribution in [0.5, 0.6) is 0 Å². The van der Waals surface area contributed by atoms with Crippen molar-refractivity contribution in [2.45, 2.75) is 31.3 Å². The van der Waals surface area contributed by atoms with Crippen LogP contribution in [0.1, 0.15) is 29.5 Å². The lowest BCUT2D eigenvalue weighted by Crippen LogP contribution is -2.54. The van der Waals surface area contributed by atoms with Gasteiger partial charge in [-0.3, -0.25) is 4.90 Å². The first-order chi connectivity index (χ1) is 14.5. The first-order valence-electron chi connectivity index (χ1n) is 9.72. The number of halogens is 4. The number of nitrogens with zero attached hydrogens (tertiary/aromatic N) is 3. The smallest absolute Gasteiger partial charge is 0.378 e. The summed E-state index contributed by atoms with van der Waals surface area (Å²) in [5, 5.41) is 14.1. The van der Waals surface area contributed by atoms with Crippen molar-refractivity contribution in [3.8, 4) is 0 Å². The lowest BCUT2D eigenvalue weighted by molar-refractivity contribution is -0.155. The third-order valence-corrected chi connectivity index (χ3v) is 8.50. The Hall–Kier alpha value is -1.70. The lowest BCUT2D eigenvalue weighted by atomic mass is 9.97. The highest BCUT2D eigenvalue weighted by atomic mass is 32.2. The second kappa shape index (κ2) is 8.34. The maximum Gasteiger partial charge on any atom is 0.452 e. The standard InChI is InChI=1S/C18H21F4N3O4S2/c19-15-2-1-13(30-15)12-10-24(16-9-14(29-23-16)18(20,21)22)5-6-25(12)17(26)11-3-7-31(27,28)8-4-11/h1-2,9,11-12,17,26H,3-8,10H2. The van der Waals surface area contributed by atoms with Gasteiger partial charge in [-0.15, -0.1) is 11.3 Å². The molecule has 0 saturated carbocycles. The van der Waals surface area contributed by atoms with E-state index in [4.69, 9.17) is 0 Å². The SMILES string of the molecule is O=S1(=O)CCC(C(O)N2CCN(c3cc(C(F)(F)F)on3)CC2c2ccc(F)s2)CC1. The van der Waals surface area contributed by atoms with Crippen LogP contribution in [0.15, 0.2) is 22.7 Å². The Morgan fingerprint density at radius 1 is 1.23 bits per heavy atom. The molecule has 2 atom stereocenters. The molecule has 2 aromatic rings. The number of hydrogen-bond acceptors (Lipinski definition) is 8. The van der Waals surface area contributed by atoms with Gasteiger partial charge in [-0.25, -0.2) is 8.42 Å². The van der Waals surface area contributed by atoms with E-state index >= 15 is 0 Å². The molecule has 1 N–H and O–H groups in total. The van der Waals surface area contributed by atoms with Gasteiger partial charge in [0, 0.05) is 36.5 Å². The summed E-state index contributed by atoms with van der Waals surface area (Å²) in [4.78, 5) is 3.99. The van der Waals surface area contributed by atoms with E-state index in [0.29, 0.717) is 17.7 Å². The number of sulfone groups is 1. The van der Waals surface area contributed by atoms with Gasteiger partial charge in [0.2, 0.25) is 5.76 Å². The molecule has 4 rings (SSSR count). The van der Waals surface area contributed by atoms with Gasteiger partial charge in [0.05, 0.1) is 17.5 Å². The van der Waals surface area contributed by atoms with Crippen LogP contribution in [0, 0.1) is 11.0 Å². The molecule has 172 valence electrons. The Labute approximate surface area is 180 Å². The Morgan fingerprint density at radius 3 is 2.52 bits per heavy atom. The number of anilines is 1. The van der Waals surface area contributed by atoms with E-state index < -0.39 is 39.2 Å². The number of alkyl halides is 3. The number of aliphatic hydroxyl groups excluding tert-OH is 1. The maximum atomic E-state index is 13.7. The summed E-state index contributed by atoms with van der Waals surface area (Å²) in [5.41, 5.74) is 0. The molecule has 7 nitrogen and oxygen atoms in total. The van der Waals surface area contributed by atoms with Crippen LogP contribution in [-0.4, -0.2) is 60.9 Å². The summed E-state index contributed by atoms with van der Waals surface area (Å²) in [6.45, 7) is 0.727. The van der Waals surface area contributed by atoms with E-state index in [1.807, 2.05) is 0 Å². The zero-order valence-corrected chi connectivity index (χ0v) is 17.9. The van der Waals surface area contributed by atoms with Gasteiger partial charge < -0.3 is 14.5 Å². The topological polar surface area (TPSA) is 86.9 Å². The minimum atomic E-state index is -4.65.